The van der Waals surface area contributed by atoms with Crippen molar-refractivity contribution in [1.82, 2.24) is 4.90 Å². The van der Waals surface area contributed by atoms with Crippen LogP contribution in [0, 0.1) is 0 Å². The summed E-state index contributed by atoms with van der Waals surface area (Å²) in [5.41, 5.74) is 0.326. The van der Waals surface area contributed by atoms with E-state index < -0.39 is 5.97 Å². The summed E-state index contributed by atoms with van der Waals surface area (Å²) in [6.07, 6.45) is -0.113. The number of benzene rings is 1. The molecule has 1 aromatic rings. The molecule has 1 N–H and O–H groups in total. The third-order valence-corrected chi connectivity index (χ3v) is 2.78. The van der Waals surface area contributed by atoms with Gasteiger partial charge in [-0.1, -0.05) is 0 Å². The second-order valence-electron chi connectivity index (χ2n) is 4.74. The molecule has 0 aliphatic rings. The Morgan fingerprint density at radius 3 is 2.48 bits per heavy atom. The lowest BCUT2D eigenvalue weighted by atomic mass is 10.1. The number of carbonyl (C=O) groups excluding carboxylic acids is 1. The van der Waals surface area contributed by atoms with Gasteiger partial charge in [-0.05, 0) is 32.9 Å². The van der Waals surface area contributed by atoms with E-state index in [2.05, 4.69) is 0 Å². The topological polar surface area (TPSA) is 76.1 Å². The number of hydrogen-bond acceptors (Lipinski definition) is 4. The maximum absolute atomic E-state index is 12.5. The minimum atomic E-state index is -1.05. The predicted molar refractivity (Wildman–Crippen MR) is 78.0 cm³/mol. The van der Waals surface area contributed by atoms with E-state index in [0.29, 0.717) is 23.6 Å². The third kappa shape index (κ3) is 4.66. The second kappa shape index (κ2) is 7.52. The number of nitrogens with zero attached hydrogens (tertiary/aromatic N) is 1. The van der Waals surface area contributed by atoms with Crippen molar-refractivity contribution < 1.29 is 24.2 Å². The Bertz CT molecular complexity index is 513. The van der Waals surface area contributed by atoms with E-state index in [1.807, 2.05) is 13.8 Å². The summed E-state index contributed by atoms with van der Waals surface area (Å²) < 4.78 is 10.8. The lowest BCUT2D eigenvalue weighted by Gasteiger charge is -2.21. The number of methoxy groups -OCH3 is 1. The molecule has 0 bridgehead atoms. The van der Waals surface area contributed by atoms with E-state index >= 15 is 0 Å². The summed E-state index contributed by atoms with van der Waals surface area (Å²) in [6, 6.07) is 4.86. The van der Waals surface area contributed by atoms with Crippen LogP contribution in [-0.4, -0.2) is 48.2 Å². The van der Waals surface area contributed by atoms with Gasteiger partial charge < -0.3 is 19.5 Å². The minimum Gasteiger partial charge on any atom is -0.497 e. The van der Waals surface area contributed by atoms with E-state index in [9.17, 15) is 9.59 Å². The Morgan fingerprint density at radius 1 is 1.33 bits per heavy atom. The third-order valence-electron chi connectivity index (χ3n) is 2.78. The first kappa shape index (κ1) is 16.8. The molecular formula is C15H21NO5. The summed E-state index contributed by atoms with van der Waals surface area (Å²) >= 11 is 0. The van der Waals surface area contributed by atoms with E-state index in [-0.39, 0.29) is 18.6 Å². The van der Waals surface area contributed by atoms with Crippen molar-refractivity contribution >= 4 is 11.9 Å². The van der Waals surface area contributed by atoms with Crippen molar-refractivity contribution in [3.05, 3.63) is 23.8 Å². The highest BCUT2D eigenvalue weighted by Gasteiger charge is 2.21. The van der Waals surface area contributed by atoms with Gasteiger partial charge in [-0.25, -0.2) is 0 Å². The largest absolute Gasteiger partial charge is 0.497 e. The van der Waals surface area contributed by atoms with Crippen LogP contribution >= 0.6 is 0 Å². The lowest BCUT2D eigenvalue weighted by Crippen LogP contribution is -2.35. The number of carbonyl (C=O) groups is 2. The van der Waals surface area contributed by atoms with Crippen molar-refractivity contribution in [3.8, 4) is 11.5 Å². The Kier molecular flexibility index (Phi) is 6.02. The molecular weight excluding hydrogens is 274 g/mol. The van der Waals surface area contributed by atoms with Gasteiger partial charge in [-0.15, -0.1) is 0 Å². The molecule has 0 aliphatic heterocycles. The van der Waals surface area contributed by atoms with Crippen molar-refractivity contribution in [2.24, 2.45) is 0 Å². The highest BCUT2D eigenvalue weighted by molar-refractivity contribution is 5.98. The number of rotatable bonds is 7. The Labute approximate surface area is 124 Å². The van der Waals surface area contributed by atoms with Gasteiger partial charge in [0.05, 0.1) is 18.8 Å². The molecule has 0 atom stereocenters. The minimum absolute atomic E-state index is 0.113. The average molecular weight is 295 g/mol. The summed E-state index contributed by atoms with van der Waals surface area (Å²) in [7, 11) is 1.53. The fraction of sp³-hybridized carbons (Fsp3) is 0.467. The highest BCUT2D eigenvalue weighted by Crippen LogP contribution is 2.27. The normalized spacial score (nSPS) is 10.3. The van der Waals surface area contributed by atoms with Crippen LogP contribution in [0.3, 0.4) is 0 Å². The van der Waals surface area contributed by atoms with Crippen LogP contribution in [-0.2, 0) is 4.79 Å². The zero-order valence-corrected chi connectivity index (χ0v) is 12.8. The maximum Gasteiger partial charge on any atom is 0.323 e. The van der Waals surface area contributed by atoms with Gasteiger partial charge >= 0.3 is 5.97 Å². The molecule has 0 saturated heterocycles. The zero-order valence-electron chi connectivity index (χ0n) is 12.8. The predicted octanol–water partition coefficient (Wildman–Crippen LogP) is 2.03. The van der Waals surface area contributed by atoms with Gasteiger partial charge in [0, 0.05) is 12.6 Å². The highest BCUT2D eigenvalue weighted by atomic mass is 16.5. The number of hydrogen-bond donors (Lipinski definition) is 1. The number of amides is 1. The summed E-state index contributed by atoms with van der Waals surface area (Å²) in [6.45, 7) is 5.39. The Hall–Kier alpha value is -2.24. The van der Waals surface area contributed by atoms with Crippen LogP contribution in [0.15, 0.2) is 18.2 Å². The monoisotopic (exact) mass is 295 g/mol. The van der Waals surface area contributed by atoms with Gasteiger partial charge in [-0.2, -0.15) is 0 Å². The molecule has 116 valence electrons. The summed E-state index contributed by atoms with van der Waals surface area (Å²) in [4.78, 5) is 24.5. The molecule has 6 nitrogen and oxygen atoms in total. The molecule has 0 aromatic heterocycles. The number of ether oxygens (including phenoxy) is 2. The van der Waals surface area contributed by atoms with E-state index in [1.54, 1.807) is 25.1 Å². The van der Waals surface area contributed by atoms with Crippen LogP contribution in [0.2, 0.25) is 0 Å². The molecule has 0 spiro atoms. The molecule has 0 aliphatic carbocycles. The van der Waals surface area contributed by atoms with E-state index in [1.165, 1.54) is 12.0 Å². The number of aliphatic carboxylic acids is 1. The number of carboxylic acid groups (broad SMARTS) is 1. The number of carboxylic acids is 1. The zero-order chi connectivity index (χ0) is 16.0. The van der Waals surface area contributed by atoms with Crippen molar-refractivity contribution in [2.75, 3.05) is 20.2 Å². The van der Waals surface area contributed by atoms with Crippen molar-refractivity contribution in [1.29, 1.82) is 0 Å². The lowest BCUT2D eigenvalue weighted by molar-refractivity contribution is -0.137. The molecule has 6 heteroatoms. The van der Waals surface area contributed by atoms with E-state index in [4.69, 9.17) is 14.6 Å². The Morgan fingerprint density at radius 2 is 2.00 bits per heavy atom. The first-order chi connectivity index (χ1) is 9.88. The first-order valence-electron chi connectivity index (χ1n) is 6.74. The van der Waals surface area contributed by atoms with Crippen molar-refractivity contribution in [3.63, 3.8) is 0 Å². The van der Waals surface area contributed by atoms with Crippen LogP contribution in [0.1, 0.15) is 31.1 Å². The van der Waals surface area contributed by atoms with E-state index in [0.717, 1.165) is 0 Å². The van der Waals surface area contributed by atoms with Crippen LogP contribution in [0.25, 0.3) is 0 Å². The fourth-order valence-corrected chi connectivity index (χ4v) is 1.82. The molecule has 1 rings (SSSR count). The number of likely N-dealkylation sites (N-methyl/N-ethyl adjacent to an activating group) is 1. The fourth-order valence-electron chi connectivity index (χ4n) is 1.82. The molecule has 0 unspecified atom stereocenters. The Balaban J connectivity index is 3.14. The van der Waals surface area contributed by atoms with Gasteiger partial charge in [0.25, 0.3) is 5.91 Å². The molecule has 0 radical (unpaired) electrons. The SMILES string of the molecule is CCN(CC(=O)O)C(=O)c1ccc(OC)cc1OC(C)C. The van der Waals surface area contributed by atoms with Gasteiger partial charge in [-0.3, -0.25) is 9.59 Å². The summed E-state index contributed by atoms with van der Waals surface area (Å²) in [5, 5.41) is 8.86. The molecule has 21 heavy (non-hydrogen) atoms. The molecule has 0 fully saturated rings. The first-order valence-corrected chi connectivity index (χ1v) is 6.74. The molecule has 1 aromatic carbocycles. The standard InChI is InChI=1S/C15H21NO5/c1-5-16(9-14(17)18)15(19)12-7-6-11(20-4)8-13(12)21-10(2)3/h6-8,10H,5,9H2,1-4H3,(H,17,18). The second-order valence-corrected chi connectivity index (χ2v) is 4.74. The molecule has 1 amide bonds. The maximum atomic E-state index is 12.5. The van der Waals surface area contributed by atoms with Crippen LogP contribution < -0.4 is 9.47 Å². The smallest absolute Gasteiger partial charge is 0.323 e. The van der Waals surface area contributed by atoms with Gasteiger partial charge in [0.2, 0.25) is 0 Å². The van der Waals surface area contributed by atoms with Gasteiger partial charge in [0.15, 0.2) is 0 Å². The van der Waals surface area contributed by atoms with Crippen LogP contribution in [0.5, 0.6) is 11.5 Å². The van der Waals surface area contributed by atoms with Crippen LogP contribution in [0.4, 0.5) is 0 Å². The average Bonchev–Trinajstić information content (AvgIpc) is 2.43. The van der Waals surface area contributed by atoms with Crippen molar-refractivity contribution in [2.45, 2.75) is 26.9 Å². The molecule has 0 heterocycles. The van der Waals surface area contributed by atoms with Gasteiger partial charge in [0.1, 0.15) is 18.0 Å². The quantitative estimate of drug-likeness (QED) is 0.833. The molecule has 0 saturated carbocycles. The summed E-state index contributed by atoms with van der Waals surface area (Å²) in [5.74, 6) is -0.468.